The van der Waals surface area contributed by atoms with Crippen LogP contribution in [-0.2, 0) is 16.6 Å². The lowest BCUT2D eigenvalue weighted by atomic mass is 10.2. The second-order valence-electron chi connectivity index (χ2n) is 4.05. The van der Waals surface area contributed by atoms with Crippen molar-refractivity contribution in [1.82, 2.24) is 9.55 Å². The van der Waals surface area contributed by atoms with Gasteiger partial charge in [-0.2, -0.15) is 0 Å². The second kappa shape index (κ2) is 5.96. The zero-order valence-electron chi connectivity index (χ0n) is 10.2. The Balaban J connectivity index is 3.00. The van der Waals surface area contributed by atoms with E-state index in [4.69, 9.17) is 5.14 Å². The van der Waals surface area contributed by atoms with Crippen molar-refractivity contribution in [3.05, 3.63) is 27.0 Å². The molecule has 0 spiro atoms. The fraction of sp³-hybridized carbons (Fsp3) is 0.600. The Morgan fingerprint density at radius 1 is 1.28 bits per heavy atom. The predicted octanol–water partition coefficient (Wildman–Crippen LogP) is -0.236. The van der Waals surface area contributed by atoms with Crippen LogP contribution in [0, 0.1) is 0 Å². The van der Waals surface area contributed by atoms with Crippen LogP contribution in [0.1, 0.15) is 32.6 Å². The van der Waals surface area contributed by atoms with Gasteiger partial charge in [-0.1, -0.05) is 26.2 Å². The summed E-state index contributed by atoms with van der Waals surface area (Å²) in [7, 11) is -4.11. The number of H-pyrrole nitrogens is 1. The van der Waals surface area contributed by atoms with Crippen LogP contribution in [0.3, 0.4) is 0 Å². The van der Waals surface area contributed by atoms with E-state index in [1.165, 1.54) is 0 Å². The lowest BCUT2D eigenvalue weighted by Gasteiger charge is -2.06. The lowest BCUT2D eigenvalue weighted by Crippen LogP contribution is -2.34. The van der Waals surface area contributed by atoms with E-state index in [0.717, 1.165) is 36.4 Å². The minimum Gasteiger partial charge on any atom is -0.299 e. The molecule has 0 bridgehead atoms. The Morgan fingerprint density at radius 3 is 2.50 bits per heavy atom. The molecular weight excluding hydrogens is 258 g/mol. The van der Waals surface area contributed by atoms with E-state index < -0.39 is 26.2 Å². The van der Waals surface area contributed by atoms with Crippen LogP contribution in [-0.4, -0.2) is 18.0 Å². The minimum absolute atomic E-state index is 0.359. The molecule has 18 heavy (non-hydrogen) atoms. The monoisotopic (exact) mass is 275 g/mol. The van der Waals surface area contributed by atoms with Crippen LogP contribution in [0.25, 0.3) is 0 Å². The number of hydrogen-bond donors (Lipinski definition) is 2. The highest BCUT2D eigenvalue weighted by Crippen LogP contribution is 2.01. The predicted molar refractivity (Wildman–Crippen MR) is 66.8 cm³/mol. The molecule has 0 aliphatic carbocycles. The summed E-state index contributed by atoms with van der Waals surface area (Å²) in [5.41, 5.74) is -1.60. The maximum absolute atomic E-state index is 11.5. The van der Waals surface area contributed by atoms with Crippen molar-refractivity contribution >= 4 is 10.0 Å². The number of primary sulfonamides is 1. The van der Waals surface area contributed by atoms with Crippen molar-refractivity contribution in [2.24, 2.45) is 5.14 Å². The Hall–Kier alpha value is -1.41. The van der Waals surface area contributed by atoms with Gasteiger partial charge < -0.3 is 0 Å². The number of aryl methyl sites for hydroxylation is 1. The standard InChI is InChI=1S/C10H17N3O4S/c1-2-3-4-5-6-13-7-8(18(11,16)17)9(14)12-10(13)15/h7H,2-6H2,1H3,(H2,11,16,17)(H,12,14,15). The van der Waals surface area contributed by atoms with Gasteiger partial charge in [0.25, 0.3) is 5.56 Å². The van der Waals surface area contributed by atoms with Crippen molar-refractivity contribution in [3.63, 3.8) is 0 Å². The number of nitrogens with two attached hydrogens (primary N) is 1. The molecule has 0 unspecified atom stereocenters. The number of unbranched alkanes of at least 4 members (excludes halogenated alkanes) is 3. The van der Waals surface area contributed by atoms with Crippen LogP contribution in [0.2, 0.25) is 0 Å². The summed E-state index contributed by atoms with van der Waals surface area (Å²) in [5, 5.41) is 4.89. The fourth-order valence-corrected chi connectivity index (χ4v) is 2.15. The quantitative estimate of drug-likeness (QED) is 0.697. The maximum atomic E-state index is 11.5. The first kappa shape index (κ1) is 14.7. The summed E-state index contributed by atoms with van der Waals surface area (Å²) in [4.78, 5) is 24.1. The molecule has 1 aromatic heterocycles. The van der Waals surface area contributed by atoms with E-state index in [0.29, 0.717) is 6.54 Å². The third-order valence-electron chi connectivity index (χ3n) is 2.54. The fourth-order valence-electron chi connectivity index (χ4n) is 1.57. The van der Waals surface area contributed by atoms with E-state index in [2.05, 4.69) is 6.92 Å². The number of sulfonamides is 1. The highest BCUT2D eigenvalue weighted by Gasteiger charge is 2.15. The maximum Gasteiger partial charge on any atom is 0.328 e. The summed E-state index contributed by atoms with van der Waals surface area (Å²) in [5.74, 6) is 0. The number of aromatic nitrogens is 2. The minimum atomic E-state index is -4.11. The van der Waals surface area contributed by atoms with Crippen molar-refractivity contribution in [1.29, 1.82) is 0 Å². The Bertz CT molecular complexity index is 615. The number of hydrogen-bond acceptors (Lipinski definition) is 4. The topological polar surface area (TPSA) is 115 Å². The van der Waals surface area contributed by atoms with Gasteiger partial charge in [-0.15, -0.1) is 0 Å². The molecule has 102 valence electrons. The normalized spacial score (nSPS) is 11.7. The van der Waals surface area contributed by atoms with Gasteiger partial charge in [0.05, 0.1) is 0 Å². The summed E-state index contributed by atoms with van der Waals surface area (Å²) in [6.45, 7) is 2.42. The average Bonchev–Trinajstić information content (AvgIpc) is 2.25. The van der Waals surface area contributed by atoms with E-state index in [-0.39, 0.29) is 0 Å². The first-order chi connectivity index (χ1) is 8.36. The number of aromatic amines is 1. The Kier molecular flexibility index (Phi) is 4.85. The summed E-state index contributed by atoms with van der Waals surface area (Å²) < 4.78 is 23.4. The third-order valence-corrected chi connectivity index (χ3v) is 3.44. The molecule has 0 aliphatic rings. The molecule has 0 amide bonds. The van der Waals surface area contributed by atoms with Gasteiger partial charge in [0.1, 0.15) is 0 Å². The smallest absolute Gasteiger partial charge is 0.299 e. The van der Waals surface area contributed by atoms with Gasteiger partial charge in [-0.05, 0) is 6.42 Å². The first-order valence-corrected chi connectivity index (χ1v) is 7.27. The molecule has 0 aliphatic heterocycles. The van der Waals surface area contributed by atoms with Crippen molar-refractivity contribution in [2.45, 2.75) is 44.0 Å². The van der Waals surface area contributed by atoms with E-state index >= 15 is 0 Å². The van der Waals surface area contributed by atoms with Gasteiger partial charge in [-0.3, -0.25) is 14.3 Å². The van der Waals surface area contributed by atoms with E-state index in [9.17, 15) is 18.0 Å². The van der Waals surface area contributed by atoms with E-state index in [1.807, 2.05) is 4.98 Å². The third kappa shape index (κ3) is 3.81. The van der Waals surface area contributed by atoms with Gasteiger partial charge in [0.15, 0.2) is 4.90 Å². The van der Waals surface area contributed by atoms with Gasteiger partial charge in [-0.25, -0.2) is 18.4 Å². The van der Waals surface area contributed by atoms with Crippen LogP contribution >= 0.6 is 0 Å². The molecule has 7 nitrogen and oxygen atoms in total. The Labute approximate surface area is 105 Å². The SMILES string of the molecule is CCCCCCn1cc(S(N)(=O)=O)c(=O)[nH]c1=O. The number of nitrogens with zero attached hydrogens (tertiary/aromatic N) is 1. The number of rotatable bonds is 6. The van der Waals surface area contributed by atoms with Crippen molar-refractivity contribution < 1.29 is 8.42 Å². The van der Waals surface area contributed by atoms with Crippen molar-refractivity contribution in [3.8, 4) is 0 Å². The zero-order chi connectivity index (χ0) is 13.8. The highest BCUT2D eigenvalue weighted by atomic mass is 32.2. The molecule has 0 fully saturated rings. The largest absolute Gasteiger partial charge is 0.328 e. The molecule has 0 aromatic carbocycles. The van der Waals surface area contributed by atoms with Gasteiger partial charge in [0, 0.05) is 12.7 Å². The van der Waals surface area contributed by atoms with Crippen molar-refractivity contribution in [2.75, 3.05) is 0 Å². The highest BCUT2D eigenvalue weighted by molar-refractivity contribution is 7.89. The molecule has 0 saturated heterocycles. The van der Waals surface area contributed by atoms with Gasteiger partial charge >= 0.3 is 5.69 Å². The zero-order valence-corrected chi connectivity index (χ0v) is 11.0. The van der Waals surface area contributed by atoms with Crippen LogP contribution in [0.5, 0.6) is 0 Å². The lowest BCUT2D eigenvalue weighted by molar-refractivity contribution is 0.549. The molecule has 0 radical (unpaired) electrons. The van der Waals surface area contributed by atoms with Crippen LogP contribution < -0.4 is 16.4 Å². The summed E-state index contributed by atoms with van der Waals surface area (Å²) in [6.07, 6.45) is 4.78. The molecule has 0 saturated carbocycles. The molecule has 1 aromatic rings. The molecular formula is C10H17N3O4S. The Morgan fingerprint density at radius 2 is 1.94 bits per heavy atom. The summed E-state index contributed by atoms with van der Waals surface area (Å²) in [6, 6.07) is 0. The molecule has 0 atom stereocenters. The number of nitrogens with one attached hydrogen (secondary N) is 1. The first-order valence-electron chi connectivity index (χ1n) is 5.73. The average molecular weight is 275 g/mol. The molecule has 1 rings (SSSR count). The molecule has 8 heteroatoms. The van der Waals surface area contributed by atoms with Gasteiger partial charge in [0.2, 0.25) is 10.0 Å². The van der Waals surface area contributed by atoms with Crippen LogP contribution in [0.15, 0.2) is 20.7 Å². The molecule has 3 N–H and O–H groups in total. The van der Waals surface area contributed by atoms with Crippen LogP contribution in [0.4, 0.5) is 0 Å². The second-order valence-corrected chi connectivity index (χ2v) is 5.58. The summed E-state index contributed by atoms with van der Waals surface area (Å²) >= 11 is 0. The van der Waals surface area contributed by atoms with E-state index in [1.54, 1.807) is 0 Å². The molecule has 1 heterocycles.